The highest BCUT2D eigenvalue weighted by molar-refractivity contribution is 9.10. The van der Waals surface area contributed by atoms with Gasteiger partial charge in [-0.3, -0.25) is 4.79 Å². The van der Waals surface area contributed by atoms with Gasteiger partial charge in [0.05, 0.1) is 12.5 Å². The van der Waals surface area contributed by atoms with Crippen LogP contribution < -0.4 is 5.32 Å². The van der Waals surface area contributed by atoms with Crippen LogP contribution in [-0.4, -0.2) is 19.6 Å². The van der Waals surface area contributed by atoms with E-state index in [1.807, 2.05) is 19.1 Å². The van der Waals surface area contributed by atoms with Crippen molar-refractivity contribution in [2.45, 2.75) is 19.8 Å². The summed E-state index contributed by atoms with van der Waals surface area (Å²) in [4.78, 5) is 11.6. The number of nitrogens with one attached hydrogen (secondary N) is 1. The van der Waals surface area contributed by atoms with Gasteiger partial charge in [-0.2, -0.15) is 0 Å². The van der Waals surface area contributed by atoms with Gasteiger partial charge in [-0.1, -0.05) is 6.07 Å². The maximum absolute atomic E-state index is 11.6. The smallest absolute Gasteiger partial charge is 0.313 e. The molecule has 0 spiro atoms. The molecular formula is C13H16BrNO2. The van der Waals surface area contributed by atoms with Crippen LogP contribution in [0.15, 0.2) is 22.7 Å². The summed E-state index contributed by atoms with van der Waals surface area (Å²) in [6.07, 6.45) is 1.83. The van der Waals surface area contributed by atoms with Gasteiger partial charge in [-0.05, 0) is 53.4 Å². The molecule has 0 atom stereocenters. The number of methoxy groups -OCH3 is 1. The monoisotopic (exact) mass is 297 g/mol. The van der Waals surface area contributed by atoms with Crippen molar-refractivity contribution in [3.63, 3.8) is 0 Å². The van der Waals surface area contributed by atoms with Crippen molar-refractivity contribution in [1.29, 1.82) is 0 Å². The van der Waals surface area contributed by atoms with Crippen LogP contribution in [0.25, 0.3) is 0 Å². The van der Waals surface area contributed by atoms with Crippen LogP contribution >= 0.6 is 15.9 Å². The molecule has 1 aromatic carbocycles. The third-order valence-electron chi connectivity index (χ3n) is 3.21. The van der Waals surface area contributed by atoms with Crippen LogP contribution in [0, 0.1) is 12.3 Å². The normalized spacial score (nSPS) is 16.4. The number of rotatable bonds is 4. The Balaban J connectivity index is 2.01. The van der Waals surface area contributed by atoms with Crippen LogP contribution in [0.4, 0.5) is 5.69 Å². The van der Waals surface area contributed by atoms with E-state index in [1.165, 1.54) is 12.7 Å². The molecule has 2 rings (SSSR count). The van der Waals surface area contributed by atoms with E-state index in [4.69, 9.17) is 4.74 Å². The number of hydrogen-bond acceptors (Lipinski definition) is 3. The lowest BCUT2D eigenvalue weighted by molar-refractivity contribution is -0.146. The first-order valence-corrected chi connectivity index (χ1v) is 6.45. The lowest BCUT2D eigenvalue weighted by Crippen LogP contribution is -2.26. The van der Waals surface area contributed by atoms with E-state index in [-0.39, 0.29) is 11.4 Å². The standard InChI is InChI=1S/C13H16BrNO2/c1-9-3-4-11(10(14)7-9)15-8-13(5-6-13)12(16)17-2/h3-4,7,15H,5-6,8H2,1-2H3. The van der Waals surface area contributed by atoms with E-state index < -0.39 is 0 Å². The zero-order valence-corrected chi connectivity index (χ0v) is 11.6. The number of carbonyl (C=O) groups excluding carboxylic acids is 1. The fraction of sp³-hybridized carbons (Fsp3) is 0.462. The quantitative estimate of drug-likeness (QED) is 0.868. The maximum atomic E-state index is 11.6. The Bertz CT molecular complexity index is 441. The average molecular weight is 298 g/mol. The zero-order chi connectivity index (χ0) is 12.5. The largest absolute Gasteiger partial charge is 0.469 e. The fourth-order valence-electron chi connectivity index (χ4n) is 1.85. The summed E-state index contributed by atoms with van der Waals surface area (Å²) >= 11 is 3.51. The van der Waals surface area contributed by atoms with Gasteiger partial charge >= 0.3 is 5.97 Å². The van der Waals surface area contributed by atoms with E-state index in [0.717, 1.165) is 23.0 Å². The van der Waals surface area contributed by atoms with Crippen LogP contribution in [0.5, 0.6) is 0 Å². The summed E-state index contributed by atoms with van der Waals surface area (Å²) in [6.45, 7) is 2.69. The number of ether oxygens (including phenoxy) is 1. The summed E-state index contributed by atoms with van der Waals surface area (Å²) in [6, 6.07) is 6.12. The molecular weight excluding hydrogens is 282 g/mol. The molecule has 17 heavy (non-hydrogen) atoms. The number of esters is 1. The summed E-state index contributed by atoms with van der Waals surface area (Å²) in [5.41, 5.74) is 1.93. The number of halogens is 1. The Hall–Kier alpha value is -1.03. The van der Waals surface area contributed by atoms with Crippen molar-refractivity contribution in [2.24, 2.45) is 5.41 Å². The first kappa shape index (κ1) is 12.4. The molecule has 0 aliphatic heterocycles. The summed E-state index contributed by atoms with van der Waals surface area (Å²) in [5.74, 6) is -0.103. The van der Waals surface area contributed by atoms with E-state index in [0.29, 0.717) is 6.54 Å². The van der Waals surface area contributed by atoms with Crippen molar-refractivity contribution in [1.82, 2.24) is 0 Å². The molecule has 0 radical (unpaired) electrons. The Morgan fingerprint density at radius 1 is 1.53 bits per heavy atom. The molecule has 92 valence electrons. The van der Waals surface area contributed by atoms with Gasteiger partial charge in [0.15, 0.2) is 0 Å². The van der Waals surface area contributed by atoms with Crippen molar-refractivity contribution in [3.8, 4) is 0 Å². The molecule has 0 saturated heterocycles. The Morgan fingerprint density at radius 2 is 2.24 bits per heavy atom. The second-order valence-electron chi connectivity index (χ2n) is 4.61. The topological polar surface area (TPSA) is 38.3 Å². The molecule has 0 unspecified atom stereocenters. The van der Waals surface area contributed by atoms with Crippen molar-refractivity contribution < 1.29 is 9.53 Å². The first-order valence-electron chi connectivity index (χ1n) is 5.66. The highest BCUT2D eigenvalue weighted by atomic mass is 79.9. The lowest BCUT2D eigenvalue weighted by atomic mass is 10.1. The van der Waals surface area contributed by atoms with Crippen LogP contribution in [-0.2, 0) is 9.53 Å². The number of aryl methyl sites for hydroxylation is 1. The van der Waals surface area contributed by atoms with Gasteiger partial charge in [0, 0.05) is 16.7 Å². The molecule has 1 saturated carbocycles. The molecule has 3 nitrogen and oxygen atoms in total. The molecule has 1 fully saturated rings. The molecule has 1 aromatic rings. The molecule has 1 aliphatic carbocycles. The minimum atomic E-state index is -0.293. The Kier molecular flexibility index (Phi) is 3.43. The summed E-state index contributed by atoms with van der Waals surface area (Å²) in [5, 5.41) is 3.31. The van der Waals surface area contributed by atoms with Crippen LogP contribution in [0.3, 0.4) is 0 Å². The minimum absolute atomic E-state index is 0.103. The number of hydrogen-bond donors (Lipinski definition) is 1. The molecule has 0 bridgehead atoms. The van der Waals surface area contributed by atoms with Gasteiger partial charge in [-0.15, -0.1) is 0 Å². The highest BCUT2D eigenvalue weighted by Gasteiger charge is 2.50. The predicted octanol–water partition coefficient (Wildman–Crippen LogP) is 3.12. The zero-order valence-electron chi connectivity index (χ0n) is 10.0. The number of benzene rings is 1. The van der Waals surface area contributed by atoms with E-state index in [2.05, 4.69) is 27.3 Å². The van der Waals surface area contributed by atoms with Crippen molar-refractivity contribution >= 4 is 27.6 Å². The second kappa shape index (κ2) is 4.69. The predicted molar refractivity (Wildman–Crippen MR) is 71.1 cm³/mol. The molecule has 1 aliphatic rings. The van der Waals surface area contributed by atoms with Gasteiger partial charge < -0.3 is 10.1 Å². The third-order valence-corrected chi connectivity index (χ3v) is 3.87. The number of anilines is 1. The Labute approximate surface area is 110 Å². The molecule has 4 heteroatoms. The maximum Gasteiger partial charge on any atom is 0.313 e. The SMILES string of the molecule is COC(=O)C1(CNc2ccc(C)cc2Br)CC1. The molecule has 0 heterocycles. The Morgan fingerprint density at radius 3 is 2.76 bits per heavy atom. The number of carbonyl (C=O) groups is 1. The lowest BCUT2D eigenvalue weighted by Gasteiger charge is -2.15. The van der Waals surface area contributed by atoms with Gasteiger partial charge in [0.25, 0.3) is 0 Å². The second-order valence-corrected chi connectivity index (χ2v) is 5.46. The average Bonchev–Trinajstić information content (AvgIpc) is 3.08. The van der Waals surface area contributed by atoms with Gasteiger partial charge in [0.2, 0.25) is 0 Å². The molecule has 1 N–H and O–H groups in total. The third kappa shape index (κ3) is 2.63. The van der Waals surface area contributed by atoms with E-state index >= 15 is 0 Å². The summed E-state index contributed by atoms with van der Waals surface area (Å²) in [7, 11) is 1.45. The summed E-state index contributed by atoms with van der Waals surface area (Å²) < 4.78 is 5.85. The van der Waals surface area contributed by atoms with Crippen LogP contribution in [0.1, 0.15) is 18.4 Å². The van der Waals surface area contributed by atoms with Gasteiger partial charge in [0.1, 0.15) is 0 Å². The molecule has 0 aromatic heterocycles. The van der Waals surface area contributed by atoms with Crippen molar-refractivity contribution in [2.75, 3.05) is 19.0 Å². The van der Waals surface area contributed by atoms with Crippen molar-refractivity contribution in [3.05, 3.63) is 28.2 Å². The van der Waals surface area contributed by atoms with E-state index in [9.17, 15) is 4.79 Å². The first-order chi connectivity index (χ1) is 8.07. The fourth-order valence-corrected chi connectivity index (χ4v) is 2.48. The minimum Gasteiger partial charge on any atom is -0.469 e. The van der Waals surface area contributed by atoms with Crippen LogP contribution in [0.2, 0.25) is 0 Å². The highest BCUT2D eigenvalue weighted by Crippen LogP contribution is 2.46. The van der Waals surface area contributed by atoms with E-state index in [1.54, 1.807) is 0 Å². The molecule has 0 amide bonds. The van der Waals surface area contributed by atoms with Gasteiger partial charge in [-0.25, -0.2) is 0 Å².